The number of carboxylic acids is 2. The lowest BCUT2D eigenvalue weighted by Crippen LogP contribution is -2.20. The number of hydrogen-bond acceptors (Lipinski definition) is 4. The van der Waals surface area contributed by atoms with Crippen LogP contribution in [0.5, 0.6) is 0 Å². The molecule has 0 saturated carbocycles. The van der Waals surface area contributed by atoms with Crippen LogP contribution in [0.25, 0.3) is 0 Å². The third kappa shape index (κ3) is 8.28. The molecule has 0 heterocycles. The summed E-state index contributed by atoms with van der Waals surface area (Å²) in [5.74, 6) is -1.95. The van der Waals surface area contributed by atoms with Crippen molar-refractivity contribution < 1.29 is 19.8 Å². The number of nitrogens with one attached hydrogen (secondary N) is 2. The predicted octanol–water partition coefficient (Wildman–Crippen LogP) is -1.19. The van der Waals surface area contributed by atoms with Crippen molar-refractivity contribution in [2.24, 2.45) is 0 Å². The molecule has 12 heavy (non-hydrogen) atoms. The third-order valence-electron chi connectivity index (χ3n) is 0.826. The lowest BCUT2D eigenvalue weighted by molar-refractivity contribution is -0.136. The smallest absolute Gasteiger partial charge is 0.322 e. The van der Waals surface area contributed by atoms with Crippen molar-refractivity contribution in [3.05, 3.63) is 12.4 Å². The van der Waals surface area contributed by atoms with Crippen molar-refractivity contribution in [3.63, 3.8) is 0 Å². The third-order valence-corrected chi connectivity index (χ3v) is 0.826. The van der Waals surface area contributed by atoms with Crippen LogP contribution in [-0.4, -0.2) is 35.2 Å². The Morgan fingerprint density at radius 3 is 1.58 bits per heavy atom. The normalized spacial score (nSPS) is 9.67. The standard InChI is InChI=1S/C6H10N2O4/c9-5(10)3-7-1-2-8-4-6(11)12/h1-2,7-8H,3-4H2,(H,9,10)(H,11,12). The monoisotopic (exact) mass is 174 g/mol. The molecule has 0 aromatic carbocycles. The molecule has 0 aromatic rings. The Morgan fingerprint density at radius 2 is 1.33 bits per heavy atom. The van der Waals surface area contributed by atoms with Gasteiger partial charge < -0.3 is 20.8 Å². The van der Waals surface area contributed by atoms with Gasteiger partial charge >= 0.3 is 11.9 Å². The van der Waals surface area contributed by atoms with E-state index in [0.717, 1.165) is 0 Å². The highest BCUT2D eigenvalue weighted by molar-refractivity contribution is 5.69. The van der Waals surface area contributed by atoms with Gasteiger partial charge in [-0.1, -0.05) is 0 Å². The van der Waals surface area contributed by atoms with Gasteiger partial charge in [-0.05, 0) is 0 Å². The van der Waals surface area contributed by atoms with Gasteiger partial charge in [-0.3, -0.25) is 9.59 Å². The van der Waals surface area contributed by atoms with Gasteiger partial charge in [0.25, 0.3) is 0 Å². The van der Waals surface area contributed by atoms with Crippen molar-refractivity contribution in [2.45, 2.75) is 0 Å². The molecule has 0 aliphatic rings. The van der Waals surface area contributed by atoms with Crippen LogP contribution in [0.2, 0.25) is 0 Å². The van der Waals surface area contributed by atoms with Crippen molar-refractivity contribution in [1.29, 1.82) is 0 Å². The molecule has 0 radical (unpaired) electrons. The molecule has 4 N–H and O–H groups in total. The predicted molar refractivity (Wildman–Crippen MR) is 40.4 cm³/mol. The molecule has 6 heteroatoms. The van der Waals surface area contributed by atoms with E-state index < -0.39 is 11.9 Å². The van der Waals surface area contributed by atoms with E-state index in [1.165, 1.54) is 12.4 Å². The number of hydrogen-bond donors (Lipinski definition) is 4. The van der Waals surface area contributed by atoms with Gasteiger partial charge in [0, 0.05) is 12.4 Å². The van der Waals surface area contributed by atoms with Crippen molar-refractivity contribution >= 4 is 11.9 Å². The minimum absolute atomic E-state index is 0.189. The van der Waals surface area contributed by atoms with Crippen LogP contribution in [0.4, 0.5) is 0 Å². The van der Waals surface area contributed by atoms with E-state index in [0.29, 0.717) is 0 Å². The van der Waals surface area contributed by atoms with Crippen molar-refractivity contribution in [3.8, 4) is 0 Å². The van der Waals surface area contributed by atoms with E-state index in [1.54, 1.807) is 0 Å². The summed E-state index contributed by atoms with van der Waals surface area (Å²) in [4.78, 5) is 19.9. The van der Waals surface area contributed by atoms with Crippen molar-refractivity contribution in [1.82, 2.24) is 10.6 Å². The van der Waals surface area contributed by atoms with Crippen LogP contribution in [0.15, 0.2) is 12.4 Å². The van der Waals surface area contributed by atoms with Crippen molar-refractivity contribution in [2.75, 3.05) is 13.1 Å². The van der Waals surface area contributed by atoms with E-state index in [-0.39, 0.29) is 13.1 Å². The summed E-state index contributed by atoms with van der Waals surface area (Å²) < 4.78 is 0. The molecule has 0 aromatic heterocycles. The quantitative estimate of drug-likeness (QED) is 0.404. The Bertz CT molecular complexity index is 170. The zero-order valence-corrected chi connectivity index (χ0v) is 6.28. The first kappa shape index (κ1) is 10.3. The highest BCUT2D eigenvalue weighted by Crippen LogP contribution is 1.64. The number of carbonyl (C=O) groups is 2. The Labute approximate surface area is 68.9 Å². The molecular weight excluding hydrogens is 164 g/mol. The molecule has 0 spiro atoms. The van der Waals surface area contributed by atoms with Crippen LogP contribution in [0, 0.1) is 0 Å². The molecule has 0 aliphatic carbocycles. The second-order valence-corrected chi connectivity index (χ2v) is 1.88. The first-order chi connectivity index (χ1) is 5.63. The molecule has 68 valence electrons. The molecule has 0 atom stereocenters. The Hall–Kier alpha value is -1.72. The average molecular weight is 174 g/mol. The maximum atomic E-state index is 9.93. The highest BCUT2D eigenvalue weighted by Gasteiger charge is 1.91. The minimum Gasteiger partial charge on any atom is -0.480 e. The Balaban J connectivity index is 3.26. The largest absolute Gasteiger partial charge is 0.480 e. The second kappa shape index (κ2) is 6.02. The number of aliphatic carboxylic acids is 2. The minimum atomic E-state index is -0.974. The fraction of sp³-hybridized carbons (Fsp3) is 0.333. The average Bonchev–Trinajstić information content (AvgIpc) is 1.95. The van der Waals surface area contributed by atoms with E-state index in [2.05, 4.69) is 10.6 Å². The van der Waals surface area contributed by atoms with Gasteiger partial charge in [0.1, 0.15) is 13.1 Å². The summed E-state index contributed by atoms with van der Waals surface area (Å²) in [7, 11) is 0. The molecule has 0 fully saturated rings. The molecule has 0 unspecified atom stereocenters. The Kier molecular flexibility index (Phi) is 5.16. The molecule has 0 rings (SSSR count). The zero-order chi connectivity index (χ0) is 9.40. The summed E-state index contributed by atoms with van der Waals surface area (Å²) in [5.41, 5.74) is 0. The van der Waals surface area contributed by atoms with Crippen LogP contribution in [-0.2, 0) is 9.59 Å². The van der Waals surface area contributed by atoms with E-state index in [1.807, 2.05) is 0 Å². The van der Waals surface area contributed by atoms with Gasteiger partial charge in [-0.2, -0.15) is 0 Å². The zero-order valence-electron chi connectivity index (χ0n) is 6.28. The van der Waals surface area contributed by atoms with E-state index >= 15 is 0 Å². The number of carboxylic acid groups (broad SMARTS) is 2. The van der Waals surface area contributed by atoms with Gasteiger partial charge in [0.05, 0.1) is 0 Å². The number of rotatable bonds is 6. The van der Waals surface area contributed by atoms with Crippen LogP contribution >= 0.6 is 0 Å². The fourth-order valence-electron chi connectivity index (χ4n) is 0.410. The summed E-state index contributed by atoms with van der Waals surface area (Å²) >= 11 is 0. The fourth-order valence-corrected chi connectivity index (χ4v) is 0.410. The van der Waals surface area contributed by atoms with Gasteiger partial charge in [0.2, 0.25) is 0 Å². The second-order valence-electron chi connectivity index (χ2n) is 1.88. The van der Waals surface area contributed by atoms with Gasteiger partial charge in [-0.15, -0.1) is 0 Å². The van der Waals surface area contributed by atoms with Crippen LogP contribution in [0.3, 0.4) is 0 Å². The molecule has 0 bridgehead atoms. The molecule has 0 aliphatic heterocycles. The molecule has 6 nitrogen and oxygen atoms in total. The highest BCUT2D eigenvalue weighted by atomic mass is 16.4. The topological polar surface area (TPSA) is 98.7 Å². The van der Waals surface area contributed by atoms with E-state index in [9.17, 15) is 9.59 Å². The first-order valence-corrected chi connectivity index (χ1v) is 3.18. The lowest BCUT2D eigenvalue weighted by atomic mass is 10.6. The van der Waals surface area contributed by atoms with Crippen LogP contribution in [0.1, 0.15) is 0 Å². The molecule has 0 saturated heterocycles. The first-order valence-electron chi connectivity index (χ1n) is 3.18. The maximum Gasteiger partial charge on any atom is 0.322 e. The molecule has 0 amide bonds. The van der Waals surface area contributed by atoms with Gasteiger partial charge in [0.15, 0.2) is 0 Å². The summed E-state index contributed by atoms with van der Waals surface area (Å²) in [5, 5.41) is 21.1. The van der Waals surface area contributed by atoms with Gasteiger partial charge in [-0.25, -0.2) is 0 Å². The SMILES string of the molecule is O=C(O)CNC=CNCC(=O)O. The lowest BCUT2D eigenvalue weighted by Gasteiger charge is -1.95. The van der Waals surface area contributed by atoms with E-state index in [4.69, 9.17) is 10.2 Å². The summed E-state index contributed by atoms with van der Waals surface area (Å²) in [6.07, 6.45) is 2.66. The van der Waals surface area contributed by atoms with Crippen LogP contribution < -0.4 is 10.6 Å². The molecular formula is C6H10N2O4. The summed E-state index contributed by atoms with van der Waals surface area (Å²) in [6.45, 7) is -0.378. The Morgan fingerprint density at radius 1 is 1.00 bits per heavy atom. The maximum absolute atomic E-state index is 9.93. The summed E-state index contributed by atoms with van der Waals surface area (Å²) in [6, 6.07) is 0.